The first-order valence-corrected chi connectivity index (χ1v) is 11.0. The lowest BCUT2D eigenvalue weighted by Gasteiger charge is -2.37. The molecule has 4 rings (SSSR count). The van der Waals surface area contributed by atoms with Gasteiger partial charge >= 0.3 is 0 Å². The third kappa shape index (κ3) is 6.75. The van der Waals surface area contributed by atoms with Crippen LogP contribution in [0.5, 0.6) is 0 Å². The number of aryl methyl sites for hydroxylation is 1. The van der Waals surface area contributed by atoms with E-state index in [1.807, 2.05) is 60.7 Å². The van der Waals surface area contributed by atoms with Crippen molar-refractivity contribution in [1.82, 2.24) is 4.90 Å². The summed E-state index contributed by atoms with van der Waals surface area (Å²) in [6.45, 7) is 6.34. The summed E-state index contributed by atoms with van der Waals surface area (Å²) in [5, 5.41) is 11.7. The van der Waals surface area contributed by atoms with E-state index in [-0.39, 0.29) is 0 Å². The number of nitrogens with zero attached hydrogens (tertiary/aromatic N) is 2. The highest BCUT2D eigenvalue weighted by Crippen LogP contribution is 2.29. The summed E-state index contributed by atoms with van der Waals surface area (Å²) < 4.78 is 0. The van der Waals surface area contributed by atoms with Crippen LogP contribution in [-0.4, -0.2) is 42.7 Å². The van der Waals surface area contributed by atoms with Gasteiger partial charge in [0.2, 0.25) is 0 Å². The minimum absolute atomic E-state index is 0.443. The first-order valence-electron chi connectivity index (χ1n) is 10.2. The highest BCUT2D eigenvalue weighted by molar-refractivity contribution is 6.36. The van der Waals surface area contributed by atoms with Crippen LogP contribution >= 0.6 is 23.2 Å². The van der Waals surface area contributed by atoms with E-state index >= 15 is 0 Å². The number of hydrogen-bond donors (Lipinski definition) is 1. The van der Waals surface area contributed by atoms with Crippen molar-refractivity contribution in [2.45, 2.75) is 13.0 Å². The molecule has 0 aromatic heterocycles. The zero-order valence-electron chi connectivity index (χ0n) is 17.2. The fraction of sp³-hybridized carbons (Fsp3) is 0.280. The summed E-state index contributed by atoms with van der Waals surface area (Å²) in [5.41, 5.74) is 3.32. The molecule has 1 fully saturated rings. The Balaban J connectivity index is 0.000000310. The average Bonchev–Trinajstić information content (AvgIpc) is 2.76. The third-order valence-corrected chi connectivity index (χ3v) is 5.72. The standard InChI is InChI=1S/C18H20Cl2N2O.C7H8/c19-15-6-7-17(16(20)12-15)22-10-8-21(9-11-22)13-18(23)14-4-2-1-3-5-14;1-7-5-3-2-4-6-7/h1-7,12,18,23H,8-11,13H2;2-6H,1H3/t18-;/m1./s1. The van der Waals surface area contributed by atoms with Gasteiger partial charge in [0, 0.05) is 37.7 Å². The van der Waals surface area contributed by atoms with Crippen LogP contribution in [0.4, 0.5) is 5.69 Å². The number of anilines is 1. The molecule has 158 valence electrons. The second-order valence-corrected chi connectivity index (χ2v) is 8.31. The lowest BCUT2D eigenvalue weighted by molar-refractivity contribution is 0.109. The van der Waals surface area contributed by atoms with Gasteiger partial charge < -0.3 is 10.0 Å². The molecule has 1 saturated heterocycles. The van der Waals surface area contributed by atoms with Crippen molar-refractivity contribution in [2.24, 2.45) is 0 Å². The largest absolute Gasteiger partial charge is 0.387 e. The minimum atomic E-state index is -0.443. The molecule has 0 amide bonds. The normalized spacial score (nSPS) is 15.3. The van der Waals surface area contributed by atoms with Gasteiger partial charge in [-0.15, -0.1) is 0 Å². The first-order chi connectivity index (χ1) is 14.5. The summed E-state index contributed by atoms with van der Waals surface area (Å²) >= 11 is 12.2. The number of benzene rings is 3. The third-order valence-electron chi connectivity index (χ3n) is 5.18. The molecule has 3 aromatic carbocycles. The Hall–Kier alpha value is -2.04. The Bertz CT molecular complexity index is 898. The molecular formula is C25H28Cl2N2O. The van der Waals surface area contributed by atoms with Crippen LogP contribution in [0.1, 0.15) is 17.2 Å². The maximum atomic E-state index is 10.3. The minimum Gasteiger partial charge on any atom is -0.387 e. The fourth-order valence-corrected chi connectivity index (χ4v) is 4.00. The van der Waals surface area contributed by atoms with Crippen molar-refractivity contribution in [3.8, 4) is 0 Å². The molecule has 1 aliphatic rings. The Kier molecular flexibility index (Phi) is 8.59. The Morgan fingerprint density at radius 3 is 1.97 bits per heavy atom. The molecule has 1 atom stereocenters. The van der Waals surface area contributed by atoms with E-state index in [9.17, 15) is 5.11 Å². The molecule has 0 saturated carbocycles. The molecule has 1 N–H and O–H groups in total. The van der Waals surface area contributed by atoms with E-state index in [2.05, 4.69) is 28.9 Å². The van der Waals surface area contributed by atoms with Gasteiger partial charge in [-0.05, 0) is 30.7 Å². The lowest BCUT2D eigenvalue weighted by Crippen LogP contribution is -2.47. The zero-order chi connectivity index (χ0) is 21.3. The highest BCUT2D eigenvalue weighted by Gasteiger charge is 2.21. The monoisotopic (exact) mass is 442 g/mol. The molecule has 5 heteroatoms. The Morgan fingerprint density at radius 1 is 0.833 bits per heavy atom. The fourth-order valence-electron chi connectivity index (χ4n) is 3.47. The molecule has 0 unspecified atom stereocenters. The summed E-state index contributed by atoms with van der Waals surface area (Å²) in [6, 6.07) is 25.7. The molecule has 30 heavy (non-hydrogen) atoms. The number of β-amino-alcohol motifs (C(OH)–C–C–N with tert-alkyl or cyclic N) is 1. The second-order valence-electron chi connectivity index (χ2n) is 7.46. The Morgan fingerprint density at radius 2 is 1.43 bits per heavy atom. The van der Waals surface area contributed by atoms with E-state index < -0.39 is 6.10 Å². The van der Waals surface area contributed by atoms with Crippen molar-refractivity contribution in [3.63, 3.8) is 0 Å². The van der Waals surface area contributed by atoms with Gasteiger partial charge in [-0.1, -0.05) is 89.4 Å². The van der Waals surface area contributed by atoms with Gasteiger partial charge in [0.1, 0.15) is 0 Å². The number of rotatable bonds is 4. The zero-order valence-corrected chi connectivity index (χ0v) is 18.7. The first kappa shape index (κ1) is 22.6. The Labute approximate surface area is 189 Å². The van der Waals surface area contributed by atoms with E-state index in [4.69, 9.17) is 23.2 Å². The molecule has 3 aromatic rings. The lowest BCUT2D eigenvalue weighted by atomic mass is 10.1. The van der Waals surface area contributed by atoms with Crippen LogP contribution in [0.15, 0.2) is 78.9 Å². The number of aliphatic hydroxyl groups excluding tert-OH is 1. The van der Waals surface area contributed by atoms with Gasteiger partial charge in [0.15, 0.2) is 0 Å². The summed E-state index contributed by atoms with van der Waals surface area (Å²) in [7, 11) is 0. The molecule has 1 heterocycles. The average molecular weight is 443 g/mol. The van der Waals surface area contributed by atoms with Crippen LogP contribution in [0, 0.1) is 6.92 Å². The van der Waals surface area contributed by atoms with Crippen LogP contribution in [0.2, 0.25) is 10.0 Å². The molecule has 3 nitrogen and oxygen atoms in total. The van der Waals surface area contributed by atoms with Crippen LogP contribution in [0.25, 0.3) is 0 Å². The van der Waals surface area contributed by atoms with Crippen molar-refractivity contribution in [2.75, 3.05) is 37.6 Å². The number of halogens is 2. The van der Waals surface area contributed by atoms with E-state index in [0.29, 0.717) is 16.6 Å². The molecular weight excluding hydrogens is 415 g/mol. The van der Waals surface area contributed by atoms with Crippen molar-refractivity contribution < 1.29 is 5.11 Å². The molecule has 1 aliphatic heterocycles. The summed E-state index contributed by atoms with van der Waals surface area (Å²) in [4.78, 5) is 4.56. The van der Waals surface area contributed by atoms with E-state index in [0.717, 1.165) is 37.4 Å². The van der Waals surface area contributed by atoms with Gasteiger partial charge in [-0.3, -0.25) is 4.90 Å². The molecule has 0 spiro atoms. The van der Waals surface area contributed by atoms with Crippen LogP contribution in [-0.2, 0) is 0 Å². The highest BCUT2D eigenvalue weighted by atomic mass is 35.5. The summed E-state index contributed by atoms with van der Waals surface area (Å²) in [5.74, 6) is 0. The maximum Gasteiger partial charge on any atom is 0.0916 e. The SMILES string of the molecule is Cc1ccccc1.O[C@H](CN1CCN(c2ccc(Cl)cc2Cl)CC1)c1ccccc1. The topological polar surface area (TPSA) is 26.7 Å². The predicted molar refractivity (Wildman–Crippen MR) is 128 cm³/mol. The smallest absolute Gasteiger partial charge is 0.0916 e. The molecule has 0 bridgehead atoms. The van der Waals surface area contributed by atoms with Gasteiger partial charge in [-0.25, -0.2) is 0 Å². The van der Waals surface area contributed by atoms with E-state index in [1.165, 1.54) is 5.56 Å². The number of aliphatic hydroxyl groups is 1. The van der Waals surface area contributed by atoms with Crippen molar-refractivity contribution in [1.29, 1.82) is 0 Å². The molecule has 0 radical (unpaired) electrons. The number of piperazine rings is 1. The summed E-state index contributed by atoms with van der Waals surface area (Å²) in [6.07, 6.45) is -0.443. The predicted octanol–water partition coefficient (Wildman–Crippen LogP) is 5.84. The quantitative estimate of drug-likeness (QED) is 0.549. The molecule has 0 aliphatic carbocycles. The van der Waals surface area contributed by atoms with Gasteiger partial charge in [0.25, 0.3) is 0 Å². The van der Waals surface area contributed by atoms with Crippen LogP contribution < -0.4 is 4.90 Å². The number of hydrogen-bond acceptors (Lipinski definition) is 3. The van der Waals surface area contributed by atoms with Gasteiger partial charge in [0.05, 0.1) is 16.8 Å². The van der Waals surface area contributed by atoms with Crippen molar-refractivity contribution >= 4 is 28.9 Å². The van der Waals surface area contributed by atoms with Crippen LogP contribution in [0.3, 0.4) is 0 Å². The maximum absolute atomic E-state index is 10.3. The van der Waals surface area contributed by atoms with Crippen molar-refractivity contribution in [3.05, 3.63) is 100 Å². The van der Waals surface area contributed by atoms with Gasteiger partial charge in [-0.2, -0.15) is 0 Å². The second kappa shape index (κ2) is 11.4. The van der Waals surface area contributed by atoms with E-state index in [1.54, 1.807) is 6.07 Å².